The van der Waals surface area contributed by atoms with E-state index in [2.05, 4.69) is 37.7 Å². The van der Waals surface area contributed by atoms with Crippen molar-refractivity contribution in [1.82, 2.24) is 25.6 Å². The van der Waals surface area contributed by atoms with E-state index in [4.69, 9.17) is 11.6 Å². The van der Waals surface area contributed by atoms with Crippen LogP contribution >= 0.6 is 23.4 Å². The highest BCUT2D eigenvalue weighted by Gasteiger charge is 2.30. The smallest absolute Gasteiger partial charge is 0.269 e. The van der Waals surface area contributed by atoms with Gasteiger partial charge in [-0.2, -0.15) is 0 Å². The van der Waals surface area contributed by atoms with E-state index >= 15 is 0 Å². The summed E-state index contributed by atoms with van der Waals surface area (Å²) in [5.74, 6) is 0.789. The number of hydrogen-bond acceptors (Lipinski definition) is 5. The highest BCUT2D eigenvalue weighted by Crippen LogP contribution is 2.40. The van der Waals surface area contributed by atoms with E-state index in [0.29, 0.717) is 28.2 Å². The van der Waals surface area contributed by atoms with Crippen LogP contribution < -0.4 is 10.9 Å². The van der Waals surface area contributed by atoms with E-state index < -0.39 is 5.91 Å². The van der Waals surface area contributed by atoms with Gasteiger partial charge in [-0.05, 0) is 42.7 Å². The Kier molecular flexibility index (Phi) is 6.35. The maximum Gasteiger partial charge on any atom is 0.269 e. The zero-order chi connectivity index (χ0) is 20.9. The molecule has 0 unspecified atom stereocenters. The molecule has 1 aromatic heterocycles. The van der Waals surface area contributed by atoms with Crippen LogP contribution in [0, 0.1) is 0 Å². The summed E-state index contributed by atoms with van der Waals surface area (Å²) in [4.78, 5) is 24.3. The molecule has 0 bridgehead atoms. The van der Waals surface area contributed by atoms with Gasteiger partial charge >= 0.3 is 0 Å². The molecule has 1 fully saturated rings. The summed E-state index contributed by atoms with van der Waals surface area (Å²) in [5, 5.41) is 9.88. The van der Waals surface area contributed by atoms with E-state index in [1.165, 1.54) is 11.8 Å². The molecule has 1 saturated carbocycles. The number of aromatic nitrogens is 3. The van der Waals surface area contributed by atoms with Crippen LogP contribution in [0.1, 0.15) is 40.5 Å². The Hall–Kier alpha value is -2.84. The van der Waals surface area contributed by atoms with Gasteiger partial charge in [0.2, 0.25) is 5.91 Å². The molecule has 2 N–H and O–H groups in total. The quantitative estimate of drug-likeness (QED) is 0.433. The van der Waals surface area contributed by atoms with E-state index in [9.17, 15) is 9.59 Å². The fourth-order valence-electron chi connectivity index (χ4n) is 2.93. The van der Waals surface area contributed by atoms with Crippen molar-refractivity contribution in [2.24, 2.45) is 0 Å². The standard InChI is InChI=1S/C21H20ClN5O2S/c22-17-10-8-16(9-11-17)20(29)25-23-18(28)13-30-21-26-24-19(15-6-7-15)27(21)12-14-4-2-1-3-5-14/h1-5,8-11,15H,6-7,12-13H2,(H,23,28)(H,25,29). The number of benzene rings is 2. The molecule has 30 heavy (non-hydrogen) atoms. The fraction of sp³-hybridized carbons (Fsp3) is 0.238. The molecule has 0 radical (unpaired) electrons. The molecule has 0 aliphatic heterocycles. The number of nitrogens with one attached hydrogen (secondary N) is 2. The Bertz CT molecular complexity index is 1040. The van der Waals surface area contributed by atoms with Crippen LogP contribution in [-0.4, -0.2) is 32.3 Å². The minimum atomic E-state index is -0.409. The van der Waals surface area contributed by atoms with Crippen LogP contribution in [0.2, 0.25) is 5.02 Å². The first kappa shape index (κ1) is 20.4. The topological polar surface area (TPSA) is 88.9 Å². The Labute approximate surface area is 183 Å². The lowest BCUT2D eigenvalue weighted by Gasteiger charge is -2.10. The van der Waals surface area contributed by atoms with Crippen molar-refractivity contribution in [3.05, 3.63) is 76.6 Å². The van der Waals surface area contributed by atoms with Crippen LogP contribution in [0.4, 0.5) is 0 Å². The highest BCUT2D eigenvalue weighted by atomic mass is 35.5. The molecular weight excluding hydrogens is 422 g/mol. The molecule has 2 aromatic carbocycles. The van der Waals surface area contributed by atoms with Crippen molar-refractivity contribution in [1.29, 1.82) is 0 Å². The Morgan fingerprint density at radius 1 is 1.03 bits per heavy atom. The summed E-state index contributed by atoms with van der Waals surface area (Å²) in [6, 6.07) is 16.5. The lowest BCUT2D eigenvalue weighted by molar-refractivity contribution is -0.119. The zero-order valence-corrected chi connectivity index (χ0v) is 17.6. The van der Waals surface area contributed by atoms with Gasteiger partial charge in [0.1, 0.15) is 5.82 Å². The Morgan fingerprint density at radius 3 is 2.47 bits per heavy atom. The van der Waals surface area contributed by atoms with Crippen LogP contribution in [0.5, 0.6) is 0 Å². The van der Waals surface area contributed by atoms with Gasteiger partial charge in [-0.25, -0.2) is 0 Å². The van der Waals surface area contributed by atoms with Gasteiger partial charge < -0.3 is 4.57 Å². The molecule has 0 saturated heterocycles. The molecule has 1 heterocycles. The second kappa shape index (κ2) is 9.32. The minimum absolute atomic E-state index is 0.110. The third-order valence-electron chi connectivity index (χ3n) is 4.63. The maximum atomic E-state index is 12.2. The van der Waals surface area contributed by atoms with Crippen molar-refractivity contribution in [3.63, 3.8) is 0 Å². The van der Waals surface area contributed by atoms with E-state index in [1.54, 1.807) is 24.3 Å². The molecule has 4 rings (SSSR count). The first-order valence-electron chi connectivity index (χ1n) is 9.55. The van der Waals surface area contributed by atoms with E-state index in [0.717, 1.165) is 24.2 Å². The summed E-state index contributed by atoms with van der Waals surface area (Å²) < 4.78 is 2.08. The van der Waals surface area contributed by atoms with Crippen LogP contribution in [0.3, 0.4) is 0 Å². The van der Waals surface area contributed by atoms with Gasteiger partial charge in [0, 0.05) is 16.5 Å². The molecule has 9 heteroatoms. The number of carbonyl (C=O) groups excluding carboxylic acids is 2. The predicted molar refractivity (Wildman–Crippen MR) is 115 cm³/mol. The van der Waals surface area contributed by atoms with Crippen LogP contribution in [-0.2, 0) is 11.3 Å². The minimum Gasteiger partial charge on any atom is -0.301 e. The zero-order valence-electron chi connectivity index (χ0n) is 16.0. The molecule has 1 aliphatic carbocycles. The highest BCUT2D eigenvalue weighted by molar-refractivity contribution is 7.99. The Balaban J connectivity index is 1.34. The molecule has 3 aromatic rings. The summed E-state index contributed by atoms with van der Waals surface area (Å²) in [7, 11) is 0. The monoisotopic (exact) mass is 441 g/mol. The van der Waals surface area contributed by atoms with Crippen LogP contribution in [0.15, 0.2) is 59.8 Å². The molecule has 0 spiro atoms. The van der Waals surface area contributed by atoms with Gasteiger partial charge in [0.05, 0.1) is 12.3 Å². The third kappa shape index (κ3) is 5.20. The SMILES string of the molecule is O=C(CSc1nnc(C2CC2)n1Cc1ccccc1)NNC(=O)c1ccc(Cl)cc1. The van der Waals surface area contributed by atoms with Gasteiger partial charge in [0.15, 0.2) is 5.16 Å². The summed E-state index contributed by atoms with van der Waals surface area (Å²) >= 11 is 7.11. The number of halogens is 1. The van der Waals surface area contributed by atoms with Crippen molar-refractivity contribution in [2.75, 3.05) is 5.75 Å². The number of rotatable bonds is 7. The second-order valence-electron chi connectivity index (χ2n) is 6.98. The molecular formula is C21H20ClN5O2S. The number of carbonyl (C=O) groups is 2. The molecule has 0 atom stereocenters. The molecule has 2 amide bonds. The predicted octanol–water partition coefficient (Wildman–Crippen LogP) is 3.41. The van der Waals surface area contributed by atoms with Gasteiger partial charge in [0.25, 0.3) is 5.91 Å². The van der Waals surface area contributed by atoms with Gasteiger partial charge in [-0.3, -0.25) is 20.4 Å². The largest absolute Gasteiger partial charge is 0.301 e. The Morgan fingerprint density at radius 2 is 1.77 bits per heavy atom. The lowest BCUT2D eigenvalue weighted by Crippen LogP contribution is -2.42. The summed E-state index contributed by atoms with van der Waals surface area (Å²) in [6.07, 6.45) is 2.24. The van der Waals surface area contributed by atoms with Crippen molar-refractivity contribution in [3.8, 4) is 0 Å². The van der Waals surface area contributed by atoms with Gasteiger partial charge in [-0.15, -0.1) is 10.2 Å². The van der Waals surface area contributed by atoms with Crippen molar-refractivity contribution in [2.45, 2.75) is 30.5 Å². The summed E-state index contributed by atoms with van der Waals surface area (Å²) in [6.45, 7) is 0.664. The first-order valence-corrected chi connectivity index (χ1v) is 10.9. The van der Waals surface area contributed by atoms with E-state index in [-0.39, 0.29) is 11.7 Å². The molecule has 154 valence electrons. The van der Waals surface area contributed by atoms with E-state index in [1.807, 2.05) is 18.2 Å². The van der Waals surface area contributed by atoms with Crippen molar-refractivity contribution >= 4 is 35.2 Å². The number of thioether (sulfide) groups is 1. The average molecular weight is 442 g/mol. The normalized spacial score (nSPS) is 13.1. The summed E-state index contributed by atoms with van der Waals surface area (Å²) in [5.41, 5.74) is 6.39. The number of nitrogens with zero attached hydrogens (tertiary/aromatic N) is 3. The maximum absolute atomic E-state index is 12.2. The van der Waals surface area contributed by atoms with Gasteiger partial charge in [-0.1, -0.05) is 53.7 Å². The fourth-order valence-corrected chi connectivity index (χ4v) is 3.80. The third-order valence-corrected chi connectivity index (χ3v) is 5.84. The second-order valence-corrected chi connectivity index (χ2v) is 8.36. The van der Waals surface area contributed by atoms with Crippen LogP contribution in [0.25, 0.3) is 0 Å². The lowest BCUT2D eigenvalue weighted by atomic mass is 10.2. The van der Waals surface area contributed by atoms with Crippen molar-refractivity contribution < 1.29 is 9.59 Å². The average Bonchev–Trinajstić information content (AvgIpc) is 3.53. The first-order chi connectivity index (χ1) is 14.6. The number of amides is 2. The number of hydrogen-bond donors (Lipinski definition) is 2. The number of hydrazine groups is 1. The molecule has 1 aliphatic rings. The molecule has 7 nitrogen and oxygen atoms in total.